The Kier molecular flexibility index (Phi) is 4.07. The number of anilines is 1. The molecule has 1 aromatic carbocycles. The van der Waals surface area contributed by atoms with Crippen molar-refractivity contribution in [3.05, 3.63) is 24.3 Å². The first kappa shape index (κ1) is 12.7. The number of nitrogens with zero attached hydrogens (tertiary/aromatic N) is 2. The molecule has 1 aromatic rings. The quantitative estimate of drug-likeness (QED) is 0.669. The van der Waals surface area contributed by atoms with Crippen molar-refractivity contribution < 1.29 is 4.79 Å². The van der Waals surface area contributed by atoms with Crippen LogP contribution in [0.2, 0.25) is 0 Å². The number of hydrogen-bond acceptors (Lipinski definition) is 4. The molecule has 0 aliphatic carbocycles. The third-order valence-electron chi connectivity index (χ3n) is 3.29. The summed E-state index contributed by atoms with van der Waals surface area (Å²) in [5, 5.41) is 2.34. The molecule has 0 aromatic heterocycles. The van der Waals surface area contributed by atoms with Crippen LogP contribution < -0.4 is 10.6 Å². The lowest BCUT2D eigenvalue weighted by molar-refractivity contribution is -0.122. The average molecular weight is 261 g/mol. The second-order valence-corrected chi connectivity index (χ2v) is 4.57. The predicted molar refractivity (Wildman–Crippen MR) is 75.3 cm³/mol. The smallest absolute Gasteiger partial charge is 0.220 e. The molecule has 94 valence electrons. The largest absolute Gasteiger partial charge is 0.371 e. The molecule has 5 heteroatoms. The Balaban J connectivity index is 2.01. The van der Waals surface area contributed by atoms with Gasteiger partial charge in [-0.3, -0.25) is 4.79 Å². The van der Waals surface area contributed by atoms with E-state index >= 15 is 0 Å². The van der Waals surface area contributed by atoms with E-state index in [0.717, 1.165) is 37.3 Å². The van der Waals surface area contributed by atoms with E-state index in [4.69, 9.17) is 5.73 Å². The van der Waals surface area contributed by atoms with E-state index in [1.165, 1.54) is 0 Å². The topological polar surface area (TPSA) is 58.7 Å². The van der Waals surface area contributed by atoms with Crippen molar-refractivity contribution in [1.82, 2.24) is 0 Å². The van der Waals surface area contributed by atoms with Crippen molar-refractivity contribution in [1.29, 1.82) is 0 Å². The lowest BCUT2D eigenvalue weighted by Crippen LogP contribution is -2.38. The van der Waals surface area contributed by atoms with Crippen molar-refractivity contribution in [2.24, 2.45) is 16.6 Å². The van der Waals surface area contributed by atoms with Crippen molar-refractivity contribution in [3.63, 3.8) is 0 Å². The molecule has 1 heterocycles. The van der Waals surface area contributed by atoms with E-state index in [2.05, 4.69) is 27.3 Å². The maximum absolute atomic E-state index is 11.1. The van der Waals surface area contributed by atoms with Gasteiger partial charge in [-0.15, -0.1) is 0 Å². The van der Waals surface area contributed by atoms with E-state index in [1.54, 1.807) is 0 Å². The highest BCUT2D eigenvalue weighted by Crippen LogP contribution is 2.25. The summed E-state index contributed by atoms with van der Waals surface area (Å²) in [6, 6.07) is 7.84. The number of nitrogens with two attached hydrogens (primary N) is 1. The molecule has 0 unspecified atom stereocenters. The van der Waals surface area contributed by atoms with Gasteiger partial charge in [-0.05, 0) is 49.3 Å². The minimum Gasteiger partial charge on any atom is -0.371 e. The number of hydrogen-bond donors (Lipinski definition) is 1. The van der Waals surface area contributed by atoms with Crippen LogP contribution in [0.3, 0.4) is 0 Å². The first-order valence-electron chi connectivity index (χ1n) is 5.93. The molecule has 0 atom stereocenters. The van der Waals surface area contributed by atoms with Crippen molar-refractivity contribution in [3.8, 4) is 0 Å². The van der Waals surface area contributed by atoms with Crippen LogP contribution in [-0.2, 0) is 4.79 Å². The van der Waals surface area contributed by atoms with Gasteiger partial charge < -0.3 is 10.6 Å². The summed E-state index contributed by atoms with van der Waals surface area (Å²) < 4.78 is 0. The Labute approximate surface area is 111 Å². The number of carbonyl (C=O) groups is 1. The third-order valence-corrected chi connectivity index (χ3v) is 3.38. The van der Waals surface area contributed by atoms with Crippen LogP contribution in [0.15, 0.2) is 29.3 Å². The van der Waals surface area contributed by atoms with Gasteiger partial charge in [0.15, 0.2) is 0 Å². The van der Waals surface area contributed by atoms with Crippen molar-refractivity contribution in [2.75, 3.05) is 18.0 Å². The average Bonchev–Trinajstić information content (AvgIpc) is 2.40. The molecule has 18 heavy (non-hydrogen) atoms. The Morgan fingerprint density at radius 3 is 2.44 bits per heavy atom. The second kappa shape index (κ2) is 5.76. The molecular formula is C13H15N3OS. The van der Waals surface area contributed by atoms with Gasteiger partial charge in [0.25, 0.3) is 0 Å². The SMILES string of the molecule is NC(=O)C1CCN(c2ccc(N=C=S)cc2)CC1. The lowest BCUT2D eigenvalue weighted by atomic mass is 9.96. The fourth-order valence-electron chi connectivity index (χ4n) is 2.21. The minimum absolute atomic E-state index is 0.0277. The summed E-state index contributed by atoms with van der Waals surface area (Å²) in [4.78, 5) is 17.3. The number of isothiocyanates is 1. The molecule has 2 rings (SSSR count). The van der Waals surface area contributed by atoms with E-state index in [1.807, 2.05) is 24.3 Å². The molecule has 2 N–H and O–H groups in total. The molecule has 1 fully saturated rings. The fraction of sp³-hybridized carbons (Fsp3) is 0.385. The molecule has 0 saturated carbocycles. The summed E-state index contributed by atoms with van der Waals surface area (Å²) in [5.74, 6) is -0.153. The van der Waals surface area contributed by atoms with Gasteiger partial charge in [0.2, 0.25) is 5.91 Å². The highest BCUT2D eigenvalue weighted by atomic mass is 32.1. The Morgan fingerprint density at radius 2 is 1.94 bits per heavy atom. The van der Waals surface area contributed by atoms with Crippen LogP contribution in [0.25, 0.3) is 0 Å². The monoisotopic (exact) mass is 261 g/mol. The number of rotatable bonds is 3. The number of thiocarbonyl (C=S) groups is 1. The summed E-state index contributed by atoms with van der Waals surface area (Å²) >= 11 is 4.56. The van der Waals surface area contributed by atoms with Gasteiger partial charge in [-0.2, -0.15) is 4.99 Å². The molecule has 4 nitrogen and oxygen atoms in total. The first-order chi connectivity index (χ1) is 8.70. The zero-order valence-electron chi connectivity index (χ0n) is 10.0. The number of carbonyl (C=O) groups excluding carboxylic acids is 1. The molecule has 1 aliphatic heterocycles. The summed E-state index contributed by atoms with van der Waals surface area (Å²) in [5.41, 5.74) is 7.26. The summed E-state index contributed by atoms with van der Waals surface area (Å²) in [7, 11) is 0. The van der Waals surface area contributed by atoms with Gasteiger partial charge in [-0.1, -0.05) is 0 Å². The lowest BCUT2D eigenvalue weighted by Gasteiger charge is -2.32. The highest BCUT2D eigenvalue weighted by molar-refractivity contribution is 7.78. The molecular weight excluding hydrogens is 246 g/mol. The van der Waals surface area contributed by atoms with Crippen molar-refractivity contribution in [2.45, 2.75) is 12.8 Å². The Hall–Kier alpha value is -1.71. The number of amides is 1. The Morgan fingerprint density at radius 1 is 1.33 bits per heavy atom. The molecule has 0 radical (unpaired) electrons. The van der Waals surface area contributed by atoms with Crippen LogP contribution in [0.1, 0.15) is 12.8 Å². The zero-order valence-corrected chi connectivity index (χ0v) is 10.8. The first-order valence-corrected chi connectivity index (χ1v) is 6.33. The van der Waals surface area contributed by atoms with Gasteiger partial charge in [0.05, 0.1) is 10.8 Å². The van der Waals surface area contributed by atoms with E-state index < -0.39 is 0 Å². The molecule has 1 saturated heterocycles. The zero-order chi connectivity index (χ0) is 13.0. The van der Waals surface area contributed by atoms with E-state index in [-0.39, 0.29) is 11.8 Å². The van der Waals surface area contributed by atoms with Crippen LogP contribution >= 0.6 is 12.2 Å². The van der Waals surface area contributed by atoms with Crippen molar-refractivity contribution >= 4 is 34.7 Å². The maximum Gasteiger partial charge on any atom is 0.220 e. The number of piperidine rings is 1. The van der Waals surface area contributed by atoms with Gasteiger partial charge in [0.1, 0.15) is 0 Å². The third kappa shape index (κ3) is 2.94. The minimum atomic E-state index is -0.180. The van der Waals surface area contributed by atoms with Gasteiger partial charge >= 0.3 is 0 Å². The fourth-order valence-corrected chi connectivity index (χ4v) is 2.32. The standard InChI is InChI=1S/C13H15N3OS/c14-13(17)10-5-7-16(8-6-10)12-3-1-11(2-4-12)15-9-18/h1-4,10H,5-8H2,(H2,14,17). The number of benzene rings is 1. The van der Waals surface area contributed by atoms with Crippen LogP contribution in [0.4, 0.5) is 11.4 Å². The number of aliphatic imine (C=N–C) groups is 1. The van der Waals surface area contributed by atoms with E-state index in [0.29, 0.717) is 0 Å². The maximum atomic E-state index is 11.1. The van der Waals surface area contributed by atoms with Crippen LogP contribution in [0.5, 0.6) is 0 Å². The molecule has 1 aliphatic rings. The molecule has 0 bridgehead atoms. The van der Waals surface area contributed by atoms with Crippen LogP contribution in [-0.4, -0.2) is 24.2 Å². The molecule has 1 amide bonds. The summed E-state index contributed by atoms with van der Waals surface area (Å²) in [6.07, 6.45) is 1.66. The summed E-state index contributed by atoms with van der Waals surface area (Å²) in [6.45, 7) is 1.73. The van der Waals surface area contributed by atoms with E-state index in [9.17, 15) is 4.79 Å². The van der Waals surface area contributed by atoms with Gasteiger partial charge in [-0.25, -0.2) is 0 Å². The molecule has 0 spiro atoms. The number of primary amides is 1. The highest BCUT2D eigenvalue weighted by Gasteiger charge is 2.22. The Bertz CT molecular complexity index is 472. The predicted octanol–water partition coefficient (Wildman–Crippen LogP) is 2.12. The van der Waals surface area contributed by atoms with Gasteiger partial charge in [0, 0.05) is 24.7 Å². The second-order valence-electron chi connectivity index (χ2n) is 4.38. The van der Waals surface area contributed by atoms with Crippen LogP contribution in [0, 0.1) is 5.92 Å². The normalized spacial score (nSPS) is 16.1.